The molecule has 0 saturated heterocycles. The summed E-state index contributed by atoms with van der Waals surface area (Å²) in [5, 5.41) is 4.47. The molecule has 4 rings (SSSR count). The second kappa shape index (κ2) is 8.65. The number of benzene rings is 3. The van der Waals surface area contributed by atoms with Crippen molar-refractivity contribution in [2.45, 2.75) is 6.42 Å². The molecule has 1 heterocycles. The molecular formula is C23H21FN4O2. The van der Waals surface area contributed by atoms with Crippen molar-refractivity contribution in [2.24, 2.45) is 0 Å². The molecule has 0 unspecified atom stereocenters. The van der Waals surface area contributed by atoms with E-state index in [0.717, 1.165) is 17.0 Å². The van der Waals surface area contributed by atoms with Crippen LogP contribution in [0.4, 0.5) is 10.1 Å². The van der Waals surface area contributed by atoms with Crippen LogP contribution in [0.2, 0.25) is 0 Å². The lowest BCUT2D eigenvalue weighted by molar-refractivity contribution is 0.296. The van der Waals surface area contributed by atoms with E-state index in [0.29, 0.717) is 30.1 Å². The van der Waals surface area contributed by atoms with Crippen LogP contribution in [0.3, 0.4) is 0 Å². The minimum Gasteiger partial charge on any atom is -0.497 e. The largest absolute Gasteiger partial charge is 0.497 e. The Balaban J connectivity index is 1.57. The number of rotatable bonds is 7. The van der Waals surface area contributed by atoms with Gasteiger partial charge < -0.3 is 15.2 Å². The van der Waals surface area contributed by atoms with E-state index in [2.05, 4.69) is 10.1 Å². The molecule has 0 fully saturated rings. The smallest absolute Gasteiger partial charge is 0.336 e. The highest BCUT2D eigenvalue weighted by molar-refractivity contribution is 5.59. The minimum absolute atomic E-state index is 0.222. The summed E-state index contributed by atoms with van der Waals surface area (Å²) in [6, 6.07) is 21.4. The number of ether oxygens (including phenoxy) is 2. The third kappa shape index (κ3) is 4.41. The summed E-state index contributed by atoms with van der Waals surface area (Å²) in [4.78, 5) is 4.49. The van der Waals surface area contributed by atoms with Gasteiger partial charge in [0, 0.05) is 17.7 Å². The van der Waals surface area contributed by atoms with Crippen LogP contribution in [0.1, 0.15) is 5.56 Å². The first-order chi connectivity index (χ1) is 14.6. The van der Waals surface area contributed by atoms with Gasteiger partial charge in [0.25, 0.3) is 0 Å². The highest BCUT2D eigenvalue weighted by Crippen LogP contribution is 2.25. The number of aromatic nitrogens is 3. The fraction of sp³-hybridized carbons (Fsp3) is 0.130. The average molecular weight is 404 g/mol. The van der Waals surface area contributed by atoms with E-state index in [1.54, 1.807) is 36.1 Å². The topological polar surface area (TPSA) is 75.2 Å². The molecule has 6 nitrogen and oxygen atoms in total. The summed E-state index contributed by atoms with van der Waals surface area (Å²) < 4.78 is 26.4. The van der Waals surface area contributed by atoms with Crippen LogP contribution < -0.4 is 15.2 Å². The molecule has 0 aliphatic heterocycles. The Labute approximate surface area is 173 Å². The number of hydrogen-bond donors (Lipinski definition) is 1. The molecule has 0 atom stereocenters. The standard InChI is InChI=1S/C23H21FN4O2/c1-29-21-11-5-16(6-12-21)13-14-30-23-26-22(17-3-2-4-18(24)15-17)28(27-23)20-9-7-19(25)8-10-20/h2-12,15H,13-14,25H2,1H3. The van der Waals surface area contributed by atoms with E-state index in [4.69, 9.17) is 15.2 Å². The fourth-order valence-electron chi connectivity index (χ4n) is 3.02. The third-order valence-corrected chi connectivity index (χ3v) is 4.59. The molecular weight excluding hydrogens is 383 g/mol. The van der Waals surface area contributed by atoms with E-state index < -0.39 is 0 Å². The Morgan fingerprint density at radius 1 is 1.00 bits per heavy atom. The summed E-state index contributed by atoms with van der Waals surface area (Å²) in [7, 11) is 1.64. The highest BCUT2D eigenvalue weighted by Gasteiger charge is 2.15. The summed E-state index contributed by atoms with van der Waals surface area (Å²) in [6.07, 6.45) is 0.690. The van der Waals surface area contributed by atoms with Crippen molar-refractivity contribution in [1.29, 1.82) is 0 Å². The lowest BCUT2D eigenvalue weighted by atomic mass is 10.1. The Hall–Kier alpha value is -3.87. The van der Waals surface area contributed by atoms with Crippen molar-refractivity contribution >= 4 is 5.69 Å². The van der Waals surface area contributed by atoms with E-state index in [1.807, 2.05) is 36.4 Å². The second-order valence-corrected chi connectivity index (χ2v) is 6.68. The molecule has 0 radical (unpaired) electrons. The van der Waals surface area contributed by atoms with Gasteiger partial charge in [-0.15, -0.1) is 5.10 Å². The van der Waals surface area contributed by atoms with Gasteiger partial charge in [-0.25, -0.2) is 9.07 Å². The molecule has 152 valence electrons. The van der Waals surface area contributed by atoms with Crippen molar-refractivity contribution in [3.63, 3.8) is 0 Å². The molecule has 0 saturated carbocycles. The van der Waals surface area contributed by atoms with Gasteiger partial charge in [-0.2, -0.15) is 4.98 Å². The second-order valence-electron chi connectivity index (χ2n) is 6.68. The lowest BCUT2D eigenvalue weighted by Gasteiger charge is -2.06. The maximum Gasteiger partial charge on any atom is 0.336 e. The first-order valence-corrected chi connectivity index (χ1v) is 9.47. The van der Waals surface area contributed by atoms with Gasteiger partial charge in [0.2, 0.25) is 0 Å². The number of halogens is 1. The van der Waals surface area contributed by atoms with Crippen molar-refractivity contribution in [2.75, 3.05) is 19.5 Å². The summed E-state index contributed by atoms with van der Waals surface area (Å²) in [5.74, 6) is 0.948. The van der Waals surface area contributed by atoms with E-state index in [9.17, 15) is 4.39 Å². The van der Waals surface area contributed by atoms with Gasteiger partial charge in [-0.3, -0.25) is 0 Å². The first kappa shape index (κ1) is 19.4. The van der Waals surface area contributed by atoms with Crippen LogP contribution in [-0.2, 0) is 6.42 Å². The zero-order chi connectivity index (χ0) is 20.9. The predicted octanol–water partition coefficient (Wildman–Crippen LogP) is 4.29. The highest BCUT2D eigenvalue weighted by atomic mass is 19.1. The number of nitrogen functional groups attached to an aromatic ring is 1. The molecule has 1 aromatic heterocycles. The Morgan fingerprint density at radius 2 is 1.77 bits per heavy atom. The van der Waals surface area contributed by atoms with E-state index in [1.165, 1.54) is 12.1 Å². The molecule has 0 aliphatic rings. The van der Waals surface area contributed by atoms with Gasteiger partial charge in [-0.05, 0) is 54.1 Å². The normalized spacial score (nSPS) is 10.7. The van der Waals surface area contributed by atoms with Crippen LogP contribution in [-0.4, -0.2) is 28.5 Å². The van der Waals surface area contributed by atoms with Crippen LogP contribution in [0, 0.1) is 5.82 Å². The molecule has 7 heteroatoms. The minimum atomic E-state index is -0.346. The maximum absolute atomic E-state index is 13.8. The fourth-order valence-corrected chi connectivity index (χ4v) is 3.02. The van der Waals surface area contributed by atoms with Crippen molar-refractivity contribution in [3.05, 3.63) is 84.2 Å². The number of hydrogen-bond acceptors (Lipinski definition) is 5. The summed E-state index contributed by atoms with van der Waals surface area (Å²) in [5.41, 5.74) is 8.89. The molecule has 4 aromatic rings. The molecule has 2 N–H and O–H groups in total. The summed E-state index contributed by atoms with van der Waals surface area (Å²) in [6.45, 7) is 0.403. The van der Waals surface area contributed by atoms with Crippen LogP contribution in [0.15, 0.2) is 72.8 Å². The monoisotopic (exact) mass is 404 g/mol. The van der Waals surface area contributed by atoms with Crippen LogP contribution in [0.5, 0.6) is 11.8 Å². The zero-order valence-corrected chi connectivity index (χ0v) is 16.5. The first-order valence-electron chi connectivity index (χ1n) is 9.47. The Morgan fingerprint density at radius 3 is 2.47 bits per heavy atom. The quantitative estimate of drug-likeness (QED) is 0.465. The predicted molar refractivity (Wildman–Crippen MR) is 113 cm³/mol. The van der Waals surface area contributed by atoms with Crippen molar-refractivity contribution < 1.29 is 13.9 Å². The van der Waals surface area contributed by atoms with Crippen LogP contribution in [0.25, 0.3) is 17.1 Å². The van der Waals surface area contributed by atoms with Gasteiger partial charge in [0.15, 0.2) is 5.82 Å². The van der Waals surface area contributed by atoms with E-state index in [-0.39, 0.29) is 11.8 Å². The number of methoxy groups -OCH3 is 1. The molecule has 3 aromatic carbocycles. The number of nitrogens with zero attached hydrogens (tertiary/aromatic N) is 3. The Bertz CT molecular complexity index is 1120. The molecule has 0 amide bonds. The molecule has 0 aliphatic carbocycles. The van der Waals surface area contributed by atoms with Gasteiger partial charge in [0.1, 0.15) is 11.6 Å². The Kier molecular flexibility index (Phi) is 5.61. The molecule has 30 heavy (non-hydrogen) atoms. The SMILES string of the molecule is COc1ccc(CCOc2nc(-c3cccc(F)c3)n(-c3ccc(N)cc3)n2)cc1. The van der Waals surface area contributed by atoms with Gasteiger partial charge in [0.05, 0.1) is 19.4 Å². The average Bonchev–Trinajstić information content (AvgIpc) is 3.19. The van der Waals surface area contributed by atoms with Crippen molar-refractivity contribution in [1.82, 2.24) is 14.8 Å². The molecule has 0 spiro atoms. The van der Waals surface area contributed by atoms with Crippen LogP contribution >= 0.6 is 0 Å². The van der Waals surface area contributed by atoms with E-state index >= 15 is 0 Å². The van der Waals surface area contributed by atoms with Crippen molar-refractivity contribution in [3.8, 4) is 28.8 Å². The van der Waals surface area contributed by atoms with Gasteiger partial charge >= 0.3 is 6.01 Å². The zero-order valence-electron chi connectivity index (χ0n) is 16.5. The molecule has 0 bridgehead atoms. The number of nitrogens with two attached hydrogens (primary N) is 1. The van der Waals surface area contributed by atoms with Gasteiger partial charge in [-0.1, -0.05) is 24.3 Å². The maximum atomic E-state index is 13.8. The number of anilines is 1. The third-order valence-electron chi connectivity index (χ3n) is 4.59. The summed E-state index contributed by atoms with van der Waals surface area (Å²) >= 11 is 0. The lowest BCUT2D eigenvalue weighted by Crippen LogP contribution is -2.03.